The number of rotatable bonds is 4. The van der Waals surface area contributed by atoms with Gasteiger partial charge in [0.25, 0.3) is 5.91 Å². The molecule has 1 aliphatic carbocycles. The van der Waals surface area contributed by atoms with Gasteiger partial charge in [-0.25, -0.2) is 9.37 Å². The molecule has 0 N–H and O–H groups in total. The maximum Gasteiger partial charge on any atom is 0.255 e. The largest absolute Gasteiger partial charge is 0.488 e. The highest BCUT2D eigenvalue weighted by molar-refractivity contribution is 6.09. The van der Waals surface area contributed by atoms with Crippen molar-refractivity contribution < 1.29 is 18.7 Å². The number of halogens is 1. The van der Waals surface area contributed by atoms with Crippen molar-refractivity contribution in [3.63, 3.8) is 0 Å². The molecule has 33 heavy (non-hydrogen) atoms. The summed E-state index contributed by atoms with van der Waals surface area (Å²) in [6.07, 6.45) is 8.56. The van der Waals surface area contributed by atoms with Gasteiger partial charge in [0.15, 0.2) is 17.4 Å². The quantitative estimate of drug-likeness (QED) is 0.629. The highest BCUT2D eigenvalue weighted by Gasteiger charge is 2.32. The molecular formula is C26H30FN3O3. The first-order valence-corrected chi connectivity index (χ1v) is 11.3. The van der Waals surface area contributed by atoms with E-state index in [1.54, 1.807) is 30.2 Å². The van der Waals surface area contributed by atoms with E-state index in [0.717, 1.165) is 22.4 Å². The average Bonchev–Trinajstić information content (AvgIpc) is 2.81. The third-order valence-corrected chi connectivity index (χ3v) is 6.65. The maximum atomic E-state index is 14.1. The number of Topliss-reactive ketones (excluding diaryl/α,β-unsaturated/α-hetero) is 1. The summed E-state index contributed by atoms with van der Waals surface area (Å²) in [5.41, 5.74) is 2.49. The van der Waals surface area contributed by atoms with Crippen molar-refractivity contribution in [2.24, 2.45) is 0 Å². The molecule has 6 nitrogen and oxygen atoms in total. The van der Waals surface area contributed by atoms with Crippen molar-refractivity contribution >= 4 is 17.5 Å². The predicted molar refractivity (Wildman–Crippen MR) is 126 cm³/mol. The lowest BCUT2D eigenvalue weighted by Crippen LogP contribution is -2.43. The van der Waals surface area contributed by atoms with Gasteiger partial charge in [0.2, 0.25) is 0 Å². The van der Waals surface area contributed by atoms with E-state index in [1.165, 1.54) is 0 Å². The molecular weight excluding hydrogens is 421 g/mol. The Labute approximate surface area is 194 Å². The maximum absolute atomic E-state index is 14.1. The fourth-order valence-electron chi connectivity index (χ4n) is 4.37. The first-order valence-electron chi connectivity index (χ1n) is 11.3. The van der Waals surface area contributed by atoms with Gasteiger partial charge in [-0.1, -0.05) is 12.7 Å². The van der Waals surface area contributed by atoms with Crippen LogP contribution >= 0.6 is 0 Å². The Morgan fingerprint density at radius 1 is 1.27 bits per heavy atom. The fourth-order valence-corrected chi connectivity index (χ4v) is 4.37. The normalized spacial score (nSPS) is 20.8. The molecule has 3 aliphatic rings. The second kappa shape index (κ2) is 8.96. The van der Waals surface area contributed by atoms with Crippen LogP contribution in [0.15, 0.2) is 59.5 Å². The molecule has 1 aromatic rings. The van der Waals surface area contributed by atoms with Crippen LogP contribution in [0.2, 0.25) is 0 Å². The number of anilines is 1. The predicted octanol–water partition coefficient (Wildman–Crippen LogP) is 4.55. The second-order valence-corrected chi connectivity index (χ2v) is 9.10. The number of aromatic nitrogens is 1. The smallest absolute Gasteiger partial charge is 0.255 e. The van der Waals surface area contributed by atoms with Gasteiger partial charge >= 0.3 is 0 Å². The number of alkyl halides is 1. The average molecular weight is 452 g/mol. The van der Waals surface area contributed by atoms with Gasteiger partial charge < -0.3 is 14.5 Å². The molecule has 2 aliphatic heterocycles. The van der Waals surface area contributed by atoms with Gasteiger partial charge in [-0.15, -0.1) is 0 Å². The molecule has 0 aromatic carbocycles. The Kier molecular flexibility index (Phi) is 6.23. The number of carbonyl (C=O) groups excluding carboxylic acids is 2. The molecule has 4 rings (SSSR count). The summed E-state index contributed by atoms with van der Waals surface area (Å²) >= 11 is 0. The molecule has 174 valence electrons. The lowest BCUT2D eigenvalue weighted by Gasteiger charge is -2.34. The molecule has 0 spiro atoms. The van der Waals surface area contributed by atoms with Crippen molar-refractivity contribution in [3.8, 4) is 5.75 Å². The van der Waals surface area contributed by atoms with Gasteiger partial charge in [0.05, 0.1) is 12.1 Å². The third kappa shape index (κ3) is 4.63. The molecule has 0 saturated carbocycles. The minimum Gasteiger partial charge on any atom is -0.488 e. The summed E-state index contributed by atoms with van der Waals surface area (Å²) < 4.78 is 19.9. The third-order valence-electron chi connectivity index (χ3n) is 6.65. The SMILES string of the molecule is C=C/C(=C\C1=C(C)C(=O)C(C)=CC1)N1CCOc2cc(C(=O)N3CCC(C)(F)CC3)cnc21. The zero-order valence-corrected chi connectivity index (χ0v) is 19.5. The van der Waals surface area contributed by atoms with Crippen molar-refractivity contribution in [2.45, 2.75) is 45.7 Å². The van der Waals surface area contributed by atoms with Crippen LogP contribution in [0.3, 0.4) is 0 Å². The molecule has 0 bridgehead atoms. The molecule has 0 unspecified atom stereocenters. The van der Waals surface area contributed by atoms with E-state index in [9.17, 15) is 14.0 Å². The first-order chi connectivity index (χ1) is 15.7. The number of fused-ring (bicyclic) bond motifs is 1. The standard InChI is InChI=1S/C26H30FN3O3/c1-5-21(14-19-7-6-17(2)23(31)18(19)3)30-12-13-33-22-15-20(16-28-24(22)30)25(32)29-10-8-26(4,27)9-11-29/h5-6,14-16H,1,7-13H2,2-4H3/b21-14+. The van der Waals surface area contributed by atoms with Gasteiger partial charge in [0, 0.05) is 30.6 Å². The molecule has 3 heterocycles. The van der Waals surface area contributed by atoms with E-state index in [1.807, 2.05) is 30.9 Å². The number of pyridine rings is 1. The Morgan fingerprint density at radius 2 is 2.00 bits per heavy atom. The summed E-state index contributed by atoms with van der Waals surface area (Å²) in [5, 5.41) is 0. The van der Waals surface area contributed by atoms with Gasteiger partial charge in [-0.3, -0.25) is 9.59 Å². The van der Waals surface area contributed by atoms with Crippen LogP contribution in [-0.4, -0.2) is 53.5 Å². The summed E-state index contributed by atoms with van der Waals surface area (Å²) in [5.74, 6) is 1.02. The number of hydrogen-bond acceptors (Lipinski definition) is 5. The molecule has 1 fully saturated rings. The molecule has 1 amide bonds. The topological polar surface area (TPSA) is 62.7 Å². The number of ether oxygens (including phenoxy) is 1. The van der Waals surface area contributed by atoms with Crippen LogP contribution in [-0.2, 0) is 4.79 Å². The van der Waals surface area contributed by atoms with Crippen LogP contribution in [0.25, 0.3) is 0 Å². The van der Waals surface area contributed by atoms with Crippen LogP contribution in [0, 0.1) is 0 Å². The monoisotopic (exact) mass is 451 g/mol. The molecule has 7 heteroatoms. The van der Waals surface area contributed by atoms with Crippen molar-refractivity contribution in [2.75, 3.05) is 31.1 Å². The Bertz CT molecular complexity index is 1090. The number of carbonyl (C=O) groups is 2. The highest BCUT2D eigenvalue weighted by atomic mass is 19.1. The Hall–Kier alpha value is -3.22. The van der Waals surface area contributed by atoms with E-state index in [4.69, 9.17) is 4.74 Å². The number of nitrogens with zero attached hydrogens (tertiary/aromatic N) is 3. The van der Waals surface area contributed by atoms with Crippen LogP contribution in [0.4, 0.5) is 10.2 Å². The van der Waals surface area contributed by atoms with E-state index in [-0.39, 0.29) is 11.7 Å². The van der Waals surface area contributed by atoms with Gasteiger partial charge in [-0.2, -0.15) is 0 Å². The number of ketones is 1. The Morgan fingerprint density at radius 3 is 2.70 bits per heavy atom. The van der Waals surface area contributed by atoms with E-state index in [0.29, 0.717) is 62.6 Å². The minimum atomic E-state index is -1.22. The zero-order valence-electron chi connectivity index (χ0n) is 19.5. The van der Waals surface area contributed by atoms with E-state index in [2.05, 4.69) is 11.6 Å². The van der Waals surface area contributed by atoms with Gasteiger partial charge in [0.1, 0.15) is 12.3 Å². The molecule has 0 radical (unpaired) electrons. The van der Waals surface area contributed by atoms with Gasteiger partial charge in [-0.05, 0) is 69.4 Å². The molecule has 0 atom stereocenters. The summed E-state index contributed by atoms with van der Waals surface area (Å²) in [6, 6.07) is 1.71. The zero-order chi connectivity index (χ0) is 23.8. The lowest BCUT2D eigenvalue weighted by molar-refractivity contribution is -0.112. The highest BCUT2D eigenvalue weighted by Crippen LogP contribution is 2.35. The number of allylic oxidation sites excluding steroid dienone is 6. The van der Waals surface area contributed by atoms with Crippen molar-refractivity contribution in [1.82, 2.24) is 9.88 Å². The summed E-state index contributed by atoms with van der Waals surface area (Å²) in [4.78, 5) is 33.5. The Balaban J connectivity index is 1.59. The van der Waals surface area contributed by atoms with E-state index >= 15 is 0 Å². The fraction of sp³-hybridized carbons (Fsp3) is 0.423. The number of likely N-dealkylation sites (tertiary alicyclic amines) is 1. The second-order valence-electron chi connectivity index (χ2n) is 9.10. The lowest BCUT2D eigenvalue weighted by atomic mass is 9.91. The minimum absolute atomic E-state index is 0.0605. The number of piperidine rings is 1. The van der Waals surface area contributed by atoms with Crippen LogP contribution in [0.5, 0.6) is 5.75 Å². The van der Waals surface area contributed by atoms with Crippen molar-refractivity contribution in [1.29, 1.82) is 0 Å². The molecule has 1 saturated heterocycles. The van der Waals surface area contributed by atoms with Crippen LogP contribution in [0.1, 0.15) is 50.4 Å². The first kappa shape index (κ1) is 23.0. The number of amides is 1. The van der Waals surface area contributed by atoms with Crippen LogP contribution < -0.4 is 9.64 Å². The summed E-state index contributed by atoms with van der Waals surface area (Å²) in [6.45, 7) is 11.0. The summed E-state index contributed by atoms with van der Waals surface area (Å²) in [7, 11) is 0. The molecule has 1 aromatic heterocycles. The number of hydrogen-bond donors (Lipinski definition) is 0. The van der Waals surface area contributed by atoms with Crippen molar-refractivity contribution in [3.05, 3.63) is 65.1 Å². The van der Waals surface area contributed by atoms with E-state index < -0.39 is 5.67 Å².